The molecule has 3 nitrogen and oxygen atoms in total. The molecule has 5 heteroatoms. The molecule has 3 aliphatic rings. The first-order chi connectivity index (χ1) is 20.1. The minimum Gasteiger partial charge on any atom is -0.301 e. The zero-order valence-electron chi connectivity index (χ0n) is 25.7. The summed E-state index contributed by atoms with van der Waals surface area (Å²) in [6, 6.07) is 14.9. The second kappa shape index (κ2) is 18.3. The molecule has 2 heterocycles. The first kappa shape index (κ1) is 33.2. The van der Waals surface area contributed by atoms with Crippen LogP contribution in [0.4, 0.5) is 8.78 Å². The molecule has 1 saturated carbocycles. The van der Waals surface area contributed by atoms with Gasteiger partial charge in [0.15, 0.2) is 0 Å². The van der Waals surface area contributed by atoms with Gasteiger partial charge in [-0.2, -0.15) is 0 Å². The predicted octanol–water partition coefficient (Wildman–Crippen LogP) is 8.47. The molecule has 2 aromatic rings. The minimum atomic E-state index is -0.151. The minimum absolute atomic E-state index is 0.106. The standard InChI is InChI=1S/C31H42F2N2.C3H4O.C2H6/c32-28-13-11-25(12-14-28)7-3-8-26-16-19-35(20-17-26)31-23-34(18-15-24-5-1-2-6-24)22-30(31)27-9-4-10-29(33)21-27;1-2-3-4;1-2/h4,9-14,21,24,26,30-31H,1-3,5-8,15-20,22-23H2;2H,1H3;1-2H3/t30-,31?;;/m1../s1. The molecule has 0 amide bonds. The molecule has 2 atom stereocenters. The lowest BCUT2D eigenvalue weighted by molar-refractivity contribution is 0.121. The van der Waals surface area contributed by atoms with Crippen molar-refractivity contribution in [2.45, 2.75) is 96.9 Å². The van der Waals surface area contributed by atoms with Crippen LogP contribution in [-0.4, -0.2) is 54.5 Å². The Bertz CT molecular complexity index is 1040. The normalized spacial score (nSPS) is 21.9. The summed E-state index contributed by atoms with van der Waals surface area (Å²) in [6.07, 6.45) is 14.3. The topological polar surface area (TPSA) is 23.6 Å². The number of likely N-dealkylation sites (tertiary alicyclic amines) is 2. The Balaban J connectivity index is 0.000000710. The number of benzene rings is 2. The molecule has 226 valence electrons. The third kappa shape index (κ3) is 10.8. The van der Waals surface area contributed by atoms with Gasteiger partial charge in [0.25, 0.3) is 0 Å². The molecule has 0 spiro atoms. The molecule has 41 heavy (non-hydrogen) atoms. The molecule has 0 bridgehead atoms. The van der Waals surface area contributed by atoms with E-state index in [1.54, 1.807) is 37.1 Å². The monoisotopic (exact) mass is 566 g/mol. The van der Waals surface area contributed by atoms with Crippen LogP contribution < -0.4 is 0 Å². The number of halogens is 2. The van der Waals surface area contributed by atoms with Gasteiger partial charge in [0.2, 0.25) is 0 Å². The smallest absolute Gasteiger partial charge is 0.123 e. The highest BCUT2D eigenvalue weighted by atomic mass is 19.1. The summed E-state index contributed by atoms with van der Waals surface area (Å²) >= 11 is 0. The Morgan fingerprint density at radius 1 is 0.878 bits per heavy atom. The molecule has 0 aromatic heterocycles. The van der Waals surface area contributed by atoms with E-state index < -0.39 is 0 Å². The number of rotatable bonds is 9. The van der Waals surface area contributed by atoms with Gasteiger partial charge < -0.3 is 4.90 Å². The van der Waals surface area contributed by atoms with Crippen molar-refractivity contribution in [2.24, 2.45) is 11.8 Å². The van der Waals surface area contributed by atoms with Crippen molar-refractivity contribution in [3.05, 3.63) is 77.4 Å². The van der Waals surface area contributed by atoms with Gasteiger partial charge in [-0.25, -0.2) is 13.6 Å². The number of carbonyl (C=O) groups excluding carboxylic acids is 1. The van der Waals surface area contributed by atoms with Crippen LogP contribution in [0.2, 0.25) is 0 Å². The van der Waals surface area contributed by atoms with E-state index >= 15 is 0 Å². The molecular formula is C36H52F2N2O. The first-order valence-corrected chi connectivity index (χ1v) is 16.2. The lowest BCUT2D eigenvalue weighted by Gasteiger charge is -2.38. The molecule has 1 aliphatic carbocycles. The maximum absolute atomic E-state index is 14.1. The van der Waals surface area contributed by atoms with Gasteiger partial charge >= 0.3 is 0 Å². The van der Waals surface area contributed by atoms with E-state index in [9.17, 15) is 8.78 Å². The highest BCUT2D eigenvalue weighted by molar-refractivity contribution is 5.43. The highest BCUT2D eigenvalue weighted by Crippen LogP contribution is 2.36. The van der Waals surface area contributed by atoms with Crippen LogP contribution in [-0.2, 0) is 11.2 Å². The largest absolute Gasteiger partial charge is 0.301 e. The van der Waals surface area contributed by atoms with E-state index in [2.05, 4.69) is 15.9 Å². The van der Waals surface area contributed by atoms with Gasteiger partial charge in [-0.15, -0.1) is 0 Å². The van der Waals surface area contributed by atoms with Gasteiger partial charge in [0, 0.05) is 25.0 Å². The van der Waals surface area contributed by atoms with Crippen LogP contribution in [0.25, 0.3) is 0 Å². The Hall–Kier alpha value is -2.33. The van der Waals surface area contributed by atoms with Gasteiger partial charge in [0.05, 0.1) is 0 Å². The number of nitrogens with zero attached hydrogens (tertiary/aromatic N) is 2. The van der Waals surface area contributed by atoms with Crippen molar-refractivity contribution >= 4 is 5.94 Å². The van der Waals surface area contributed by atoms with Crippen LogP contribution in [0.1, 0.15) is 95.6 Å². The summed E-state index contributed by atoms with van der Waals surface area (Å²) in [5.41, 5.74) is 2.42. The number of hydrogen-bond acceptors (Lipinski definition) is 3. The van der Waals surface area contributed by atoms with Gasteiger partial charge in [-0.05, 0) is 112 Å². The fourth-order valence-electron chi connectivity index (χ4n) is 6.97. The zero-order valence-corrected chi connectivity index (χ0v) is 25.7. The second-order valence-electron chi connectivity index (χ2n) is 11.8. The predicted molar refractivity (Wildman–Crippen MR) is 167 cm³/mol. The van der Waals surface area contributed by atoms with Gasteiger partial charge in [-0.1, -0.05) is 70.2 Å². The van der Waals surface area contributed by atoms with Crippen molar-refractivity contribution in [1.82, 2.24) is 9.80 Å². The van der Waals surface area contributed by atoms with E-state index in [-0.39, 0.29) is 11.6 Å². The summed E-state index contributed by atoms with van der Waals surface area (Å²) in [5, 5.41) is 0. The Morgan fingerprint density at radius 2 is 1.54 bits per heavy atom. The SMILES string of the molecule is CC.CC=C=O.Fc1ccc(CCCC2CCN(C3CN(CCC4CCCC4)C[C@@H]3c3cccc(F)c3)CC2)cc1. The van der Waals surface area contributed by atoms with E-state index in [0.717, 1.165) is 44.4 Å². The number of piperidine rings is 1. The molecule has 1 unspecified atom stereocenters. The third-order valence-electron chi connectivity index (χ3n) is 9.20. The number of aryl methyl sites for hydroxylation is 1. The van der Waals surface area contributed by atoms with Crippen LogP contribution in [0.3, 0.4) is 0 Å². The van der Waals surface area contributed by atoms with Crippen molar-refractivity contribution in [1.29, 1.82) is 0 Å². The van der Waals surface area contributed by atoms with E-state index in [0.29, 0.717) is 12.0 Å². The number of hydrogen-bond donors (Lipinski definition) is 0. The summed E-state index contributed by atoms with van der Waals surface area (Å²) in [7, 11) is 0. The molecular weight excluding hydrogens is 514 g/mol. The Morgan fingerprint density at radius 3 is 2.17 bits per heavy atom. The highest BCUT2D eigenvalue weighted by Gasteiger charge is 2.38. The summed E-state index contributed by atoms with van der Waals surface area (Å²) in [4.78, 5) is 14.4. The zero-order chi connectivity index (χ0) is 29.5. The van der Waals surface area contributed by atoms with Gasteiger partial charge in [-0.3, -0.25) is 4.90 Å². The van der Waals surface area contributed by atoms with Crippen LogP contribution >= 0.6 is 0 Å². The van der Waals surface area contributed by atoms with Gasteiger partial charge in [0.1, 0.15) is 17.6 Å². The lowest BCUT2D eigenvalue weighted by atomic mass is 9.87. The van der Waals surface area contributed by atoms with Crippen molar-refractivity contribution < 1.29 is 13.6 Å². The van der Waals surface area contributed by atoms with Crippen LogP contribution in [0.15, 0.2) is 54.6 Å². The van der Waals surface area contributed by atoms with Crippen molar-refractivity contribution in [3.63, 3.8) is 0 Å². The maximum atomic E-state index is 14.1. The fraction of sp³-hybridized carbons (Fsp3) is 0.611. The van der Waals surface area contributed by atoms with Crippen molar-refractivity contribution in [2.75, 3.05) is 32.7 Å². The van der Waals surface area contributed by atoms with Crippen molar-refractivity contribution in [3.8, 4) is 0 Å². The Kier molecular flexibility index (Phi) is 14.8. The number of allylic oxidation sites excluding steroid dienone is 1. The Labute approximate surface area is 248 Å². The summed E-state index contributed by atoms with van der Waals surface area (Å²) in [5.74, 6) is 3.42. The molecule has 2 aliphatic heterocycles. The summed E-state index contributed by atoms with van der Waals surface area (Å²) < 4.78 is 27.2. The molecule has 2 saturated heterocycles. The molecule has 3 fully saturated rings. The first-order valence-electron chi connectivity index (χ1n) is 16.2. The van der Waals surface area contributed by atoms with E-state index in [1.807, 2.05) is 32.0 Å². The third-order valence-corrected chi connectivity index (χ3v) is 9.20. The maximum Gasteiger partial charge on any atom is 0.123 e. The molecule has 5 rings (SSSR count). The average molecular weight is 567 g/mol. The summed E-state index contributed by atoms with van der Waals surface area (Å²) in [6.45, 7) is 11.4. The van der Waals surface area contributed by atoms with Crippen LogP contribution in [0, 0.1) is 23.5 Å². The second-order valence-corrected chi connectivity index (χ2v) is 11.8. The van der Waals surface area contributed by atoms with Crippen LogP contribution in [0.5, 0.6) is 0 Å². The average Bonchev–Trinajstić information content (AvgIpc) is 3.69. The fourth-order valence-corrected chi connectivity index (χ4v) is 6.97. The van der Waals surface area contributed by atoms with E-state index in [4.69, 9.17) is 4.79 Å². The molecule has 0 N–H and O–H groups in total. The lowest BCUT2D eigenvalue weighted by Crippen LogP contribution is -2.45. The molecule has 0 radical (unpaired) electrons. The molecule has 2 aromatic carbocycles. The van der Waals surface area contributed by atoms with E-state index in [1.165, 1.54) is 81.5 Å². The quantitative estimate of drug-likeness (QED) is 0.285.